The molecule has 3 nitrogen and oxygen atoms in total. The zero-order chi connectivity index (χ0) is 11.3. The van der Waals surface area contributed by atoms with Crippen LogP contribution in [-0.2, 0) is 4.79 Å². The van der Waals surface area contributed by atoms with Gasteiger partial charge >= 0.3 is 0 Å². The van der Waals surface area contributed by atoms with E-state index in [2.05, 4.69) is 6.92 Å². The Balaban J connectivity index is 2.32. The predicted molar refractivity (Wildman–Crippen MR) is 62.5 cm³/mol. The Bertz CT molecular complexity index is 204. The first kappa shape index (κ1) is 12.5. The van der Waals surface area contributed by atoms with Crippen molar-refractivity contribution < 1.29 is 4.79 Å². The van der Waals surface area contributed by atoms with E-state index in [-0.39, 0.29) is 6.04 Å². The lowest BCUT2D eigenvalue weighted by Crippen LogP contribution is -2.40. The molecule has 0 aromatic carbocycles. The van der Waals surface area contributed by atoms with E-state index < -0.39 is 0 Å². The monoisotopic (exact) mass is 212 g/mol. The van der Waals surface area contributed by atoms with Gasteiger partial charge < -0.3 is 10.6 Å². The van der Waals surface area contributed by atoms with E-state index in [1.54, 1.807) is 0 Å². The maximum absolute atomic E-state index is 11.8. The Morgan fingerprint density at radius 3 is 2.93 bits per heavy atom. The van der Waals surface area contributed by atoms with Crippen LogP contribution in [-0.4, -0.2) is 29.9 Å². The summed E-state index contributed by atoms with van der Waals surface area (Å²) in [6.07, 6.45) is 5.08. The van der Waals surface area contributed by atoms with Crippen LogP contribution in [0.15, 0.2) is 0 Å². The Hall–Kier alpha value is -0.570. The first-order valence-corrected chi connectivity index (χ1v) is 6.16. The third-order valence-corrected chi connectivity index (χ3v) is 3.26. The molecule has 2 N–H and O–H groups in total. The summed E-state index contributed by atoms with van der Waals surface area (Å²) >= 11 is 0. The molecular weight excluding hydrogens is 188 g/mol. The molecule has 88 valence electrons. The number of carbonyl (C=O) groups is 1. The van der Waals surface area contributed by atoms with E-state index in [0.29, 0.717) is 12.3 Å². The number of hydrogen-bond acceptors (Lipinski definition) is 2. The summed E-state index contributed by atoms with van der Waals surface area (Å²) in [5, 5.41) is 0. The number of hydrogen-bond donors (Lipinski definition) is 1. The van der Waals surface area contributed by atoms with Crippen LogP contribution in [0.5, 0.6) is 0 Å². The summed E-state index contributed by atoms with van der Waals surface area (Å²) in [5.41, 5.74) is 5.65. The second kappa shape index (κ2) is 6.11. The number of piperidine rings is 1. The molecule has 2 unspecified atom stereocenters. The third kappa shape index (κ3) is 4.20. The molecule has 0 saturated carbocycles. The Morgan fingerprint density at radius 2 is 2.33 bits per heavy atom. The standard InChI is InChI=1S/C12H24N2O/c1-3-11-5-4-8-14(9-11)12(15)7-6-10(2)13/h10-11H,3-9,13H2,1-2H3. The molecule has 1 rings (SSSR count). The molecule has 1 saturated heterocycles. The van der Waals surface area contributed by atoms with Gasteiger partial charge in [0.05, 0.1) is 0 Å². The van der Waals surface area contributed by atoms with Gasteiger partial charge in [0.1, 0.15) is 0 Å². The third-order valence-electron chi connectivity index (χ3n) is 3.26. The lowest BCUT2D eigenvalue weighted by Gasteiger charge is -2.32. The molecular formula is C12H24N2O. The van der Waals surface area contributed by atoms with Crippen molar-refractivity contribution in [3.63, 3.8) is 0 Å². The van der Waals surface area contributed by atoms with Crippen LogP contribution in [0.3, 0.4) is 0 Å². The van der Waals surface area contributed by atoms with Crippen molar-refractivity contribution in [1.82, 2.24) is 4.90 Å². The highest BCUT2D eigenvalue weighted by molar-refractivity contribution is 5.76. The largest absolute Gasteiger partial charge is 0.342 e. The molecule has 0 aliphatic carbocycles. The number of nitrogens with zero attached hydrogens (tertiary/aromatic N) is 1. The van der Waals surface area contributed by atoms with E-state index in [9.17, 15) is 4.79 Å². The molecule has 0 spiro atoms. The van der Waals surface area contributed by atoms with Crippen molar-refractivity contribution >= 4 is 5.91 Å². The summed E-state index contributed by atoms with van der Waals surface area (Å²) in [6, 6.07) is 0.140. The Morgan fingerprint density at radius 1 is 1.60 bits per heavy atom. The van der Waals surface area contributed by atoms with Crippen LogP contribution in [0.25, 0.3) is 0 Å². The lowest BCUT2D eigenvalue weighted by atomic mass is 9.95. The number of amides is 1. The molecule has 0 radical (unpaired) electrons. The minimum absolute atomic E-state index is 0.140. The molecule has 3 heteroatoms. The number of rotatable bonds is 4. The van der Waals surface area contributed by atoms with Gasteiger partial charge in [0, 0.05) is 25.6 Å². The SMILES string of the molecule is CCC1CCCN(C(=O)CCC(C)N)C1. The predicted octanol–water partition coefficient (Wildman–Crippen LogP) is 1.76. The summed E-state index contributed by atoms with van der Waals surface area (Å²) in [7, 11) is 0. The molecule has 1 aliphatic rings. The van der Waals surface area contributed by atoms with Crippen LogP contribution < -0.4 is 5.73 Å². The van der Waals surface area contributed by atoms with Gasteiger partial charge in [-0.25, -0.2) is 0 Å². The second-order valence-corrected chi connectivity index (χ2v) is 4.77. The van der Waals surface area contributed by atoms with Gasteiger partial charge in [-0.05, 0) is 32.1 Å². The number of nitrogens with two attached hydrogens (primary N) is 1. The van der Waals surface area contributed by atoms with Crippen molar-refractivity contribution in [2.75, 3.05) is 13.1 Å². The van der Waals surface area contributed by atoms with E-state index in [0.717, 1.165) is 25.4 Å². The average Bonchev–Trinajstić information content (AvgIpc) is 2.26. The highest BCUT2D eigenvalue weighted by atomic mass is 16.2. The fraction of sp³-hybridized carbons (Fsp3) is 0.917. The first-order valence-electron chi connectivity index (χ1n) is 6.16. The van der Waals surface area contributed by atoms with Crippen molar-refractivity contribution in [2.45, 2.75) is 52.0 Å². The number of carbonyl (C=O) groups excluding carboxylic acids is 1. The zero-order valence-corrected chi connectivity index (χ0v) is 10.0. The van der Waals surface area contributed by atoms with Crippen LogP contribution in [0.2, 0.25) is 0 Å². The van der Waals surface area contributed by atoms with Crippen molar-refractivity contribution in [3.8, 4) is 0 Å². The van der Waals surface area contributed by atoms with Gasteiger partial charge in [-0.15, -0.1) is 0 Å². The quantitative estimate of drug-likeness (QED) is 0.772. The van der Waals surface area contributed by atoms with E-state index in [4.69, 9.17) is 5.73 Å². The van der Waals surface area contributed by atoms with Crippen molar-refractivity contribution in [1.29, 1.82) is 0 Å². The van der Waals surface area contributed by atoms with Gasteiger partial charge in [-0.1, -0.05) is 13.3 Å². The van der Waals surface area contributed by atoms with Gasteiger partial charge in [0.15, 0.2) is 0 Å². The molecule has 0 bridgehead atoms. The van der Waals surface area contributed by atoms with Crippen LogP contribution in [0.1, 0.15) is 46.0 Å². The fourth-order valence-electron chi connectivity index (χ4n) is 2.13. The minimum atomic E-state index is 0.140. The van der Waals surface area contributed by atoms with Crippen molar-refractivity contribution in [3.05, 3.63) is 0 Å². The summed E-state index contributed by atoms with van der Waals surface area (Å²) in [4.78, 5) is 13.9. The van der Waals surface area contributed by atoms with Crippen LogP contribution in [0.4, 0.5) is 0 Å². The molecule has 0 aromatic heterocycles. The smallest absolute Gasteiger partial charge is 0.222 e. The van der Waals surface area contributed by atoms with Gasteiger partial charge in [-0.3, -0.25) is 4.79 Å². The van der Waals surface area contributed by atoms with Crippen LogP contribution >= 0.6 is 0 Å². The molecule has 1 amide bonds. The summed E-state index contributed by atoms with van der Waals surface area (Å²) in [5.74, 6) is 1.02. The molecule has 1 heterocycles. The summed E-state index contributed by atoms with van der Waals surface area (Å²) < 4.78 is 0. The highest BCUT2D eigenvalue weighted by Gasteiger charge is 2.22. The second-order valence-electron chi connectivity index (χ2n) is 4.77. The van der Waals surface area contributed by atoms with Gasteiger partial charge in [-0.2, -0.15) is 0 Å². The van der Waals surface area contributed by atoms with E-state index in [1.807, 2.05) is 11.8 Å². The molecule has 0 aromatic rings. The molecule has 1 fully saturated rings. The van der Waals surface area contributed by atoms with Crippen molar-refractivity contribution in [2.24, 2.45) is 11.7 Å². The highest BCUT2D eigenvalue weighted by Crippen LogP contribution is 2.19. The Kier molecular flexibility index (Phi) is 5.09. The maximum Gasteiger partial charge on any atom is 0.222 e. The topological polar surface area (TPSA) is 46.3 Å². The molecule has 1 aliphatic heterocycles. The Labute approximate surface area is 93.0 Å². The van der Waals surface area contributed by atoms with E-state index >= 15 is 0 Å². The molecule has 15 heavy (non-hydrogen) atoms. The fourth-order valence-corrected chi connectivity index (χ4v) is 2.13. The summed E-state index contributed by atoms with van der Waals surface area (Å²) in [6.45, 7) is 6.08. The average molecular weight is 212 g/mol. The lowest BCUT2D eigenvalue weighted by molar-refractivity contribution is -0.133. The normalized spacial score (nSPS) is 23.9. The van der Waals surface area contributed by atoms with Gasteiger partial charge in [0.25, 0.3) is 0 Å². The first-order chi connectivity index (χ1) is 7.13. The van der Waals surface area contributed by atoms with Crippen LogP contribution in [0, 0.1) is 5.92 Å². The maximum atomic E-state index is 11.8. The van der Waals surface area contributed by atoms with Gasteiger partial charge in [0.2, 0.25) is 5.91 Å². The zero-order valence-electron chi connectivity index (χ0n) is 10.0. The minimum Gasteiger partial charge on any atom is -0.342 e. The number of likely N-dealkylation sites (tertiary alicyclic amines) is 1. The van der Waals surface area contributed by atoms with E-state index in [1.165, 1.54) is 19.3 Å². The molecule has 2 atom stereocenters.